The molecule has 27 heavy (non-hydrogen) atoms. The lowest BCUT2D eigenvalue weighted by molar-refractivity contribution is -0.115. The normalized spacial score (nSPS) is 12.3. The topological polar surface area (TPSA) is 101 Å². The number of rotatable bonds is 5. The molecule has 8 heteroatoms. The fourth-order valence-corrected chi connectivity index (χ4v) is 4.09. The molecule has 1 heterocycles. The van der Waals surface area contributed by atoms with E-state index in [0.717, 1.165) is 5.39 Å². The Morgan fingerprint density at radius 1 is 1.11 bits per heavy atom. The highest BCUT2D eigenvalue weighted by atomic mass is 32.2. The van der Waals surface area contributed by atoms with Crippen molar-refractivity contribution in [1.29, 1.82) is 0 Å². The van der Waals surface area contributed by atoms with Crippen LogP contribution in [0.2, 0.25) is 0 Å². The summed E-state index contributed by atoms with van der Waals surface area (Å²) in [7, 11) is -3.68. The summed E-state index contributed by atoms with van der Waals surface area (Å²) >= 11 is 0. The number of anilines is 1. The van der Waals surface area contributed by atoms with Crippen LogP contribution in [0.4, 0.5) is 5.69 Å². The van der Waals surface area contributed by atoms with E-state index in [0.29, 0.717) is 17.0 Å². The Morgan fingerprint density at radius 2 is 1.85 bits per heavy atom. The molecule has 0 bridgehead atoms. The Bertz CT molecular complexity index is 1080. The van der Waals surface area contributed by atoms with E-state index >= 15 is 0 Å². The summed E-state index contributed by atoms with van der Waals surface area (Å²) < 4.78 is 32.7. The number of hydrogen-bond donors (Lipinski definition) is 2. The van der Waals surface area contributed by atoms with E-state index in [4.69, 9.17) is 4.52 Å². The Morgan fingerprint density at radius 3 is 2.59 bits per heavy atom. The lowest BCUT2D eigenvalue weighted by Crippen LogP contribution is -2.40. The highest BCUT2D eigenvalue weighted by Crippen LogP contribution is 2.20. The Kier molecular flexibility index (Phi) is 5.03. The molecule has 0 radical (unpaired) electrons. The van der Waals surface area contributed by atoms with Crippen molar-refractivity contribution < 1.29 is 17.7 Å². The van der Waals surface area contributed by atoms with Crippen LogP contribution >= 0.6 is 0 Å². The highest BCUT2D eigenvalue weighted by molar-refractivity contribution is 7.89. The van der Waals surface area contributed by atoms with Gasteiger partial charge in [-0.2, -0.15) is 0 Å². The van der Waals surface area contributed by atoms with Crippen molar-refractivity contribution in [2.75, 3.05) is 5.32 Å². The quantitative estimate of drug-likeness (QED) is 0.700. The SMILES string of the molecule is CC(C)(C)NS(=O)(=O)c1cccc(NC(=O)Cc2noc3ccccc23)c1. The van der Waals surface area contributed by atoms with Crippen LogP contribution in [0.15, 0.2) is 57.9 Å². The van der Waals surface area contributed by atoms with Crippen LogP contribution in [0.1, 0.15) is 26.5 Å². The van der Waals surface area contributed by atoms with Crippen molar-refractivity contribution >= 4 is 32.6 Å². The van der Waals surface area contributed by atoms with Gasteiger partial charge in [-0.05, 0) is 51.1 Å². The summed E-state index contributed by atoms with van der Waals surface area (Å²) in [6, 6.07) is 13.4. The summed E-state index contributed by atoms with van der Waals surface area (Å²) in [6.45, 7) is 5.29. The largest absolute Gasteiger partial charge is 0.356 e. The van der Waals surface area contributed by atoms with Crippen LogP contribution in [-0.4, -0.2) is 25.0 Å². The van der Waals surface area contributed by atoms with Crippen molar-refractivity contribution in [2.45, 2.75) is 37.6 Å². The number of sulfonamides is 1. The van der Waals surface area contributed by atoms with E-state index in [2.05, 4.69) is 15.2 Å². The molecule has 1 amide bonds. The zero-order valence-electron chi connectivity index (χ0n) is 15.3. The van der Waals surface area contributed by atoms with Crippen LogP contribution in [-0.2, 0) is 21.2 Å². The van der Waals surface area contributed by atoms with Gasteiger partial charge in [-0.1, -0.05) is 23.4 Å². The standard InChI is InChI=1S/C19H21N3O4S/c1-19(2,3)22-27(24,25)14-8-6-7-13(11-14)20-18(23)12-16-15-9-4-5-10-17(15)26-21-16/h4-11,22H,12H2,1-3H3,(H,20,23). The third kappa shape index (κ3) is 4.72. The number of carbonyl (C=O) groups excluding carboxylic acids is 1. The van der Waals surface area contributed by atoms with Crippen LogP contribution in [0.5, 0.6) is 0 Å². The first kappa shape index (κ1) is 19.1. The molecule has 3 rings (SSSR count). The molecule has 0 saturated carbocycles. The van der Waals surface area contributed by atoms with Gasteiger partial charge < -0.3 is 9.84 Å². The number of carbonyl (C=O) groups is 1. The van der Waals surface area contributed by atoms with Crippen molar-refractivity contribution in [3.8, 4) is 0 Å². The van der Waals surface area contributed by atoms with Crippen LogP contribution in [0.3, 0.4) is 0 Å². The fourth-order valence-electron chi connectivity index (χ4n) is 2.63. The van der Waals surface area contributed by atoms with Crippen molar-refractivity contribution in [2.24, 2.45) is 0 Å². The first-order chi connectivity index (χ1) is 12.6. The number of nitrogens with zero attached hydrogens (tertiary/aromatic N) is 1. The summed E-state index contributed by atoms with van der Waals surface area (Å²) in [6.07, 6.45) is 0.0221. The van der Waals surface area contributed by atoms with E-state index in [1.165, 1.54) is 12.1 Å². The van der Waals surface area contributed by atoms with Gasteiger partial charge in [0.2, 0.25) is 15.9 Å². The van der Waals surface area contributed by atoms with E-state index in [1.807, 2.05) is 18.2 Å². The van der Waals surface area contributed by atoms with Gasteiger partial charge in [-0.3, -0.25) is 4.79 Å². The minimum atomic E-state index is -3.68. The zero-order valence-corrected chi connectivity index (χ0v) is 16.1. The molecular formula is C19H21N3O4S. The second-order valence-corrected chi connectivity index (χ2v) is 8.92. The van der Waals surface area contributed by atoms with Crippen molar-refractivity contribution in [3.05, 3.63) is 54.2 Å². The van der Waals surface area contributed by atoms with Gasteiger partial charge >= 0.3 is 0 Å². The molecule has 0 saturated heterocycles. The van der Waals surface area contributed by atoms with Gasteiger partial charge in [0.15, 0.2) is 5.58 Å². The van der Waals surface area contributed by atoms with Gasteiger partial charge in [0.25, 0.3) is 0 Å². The predicted molar refractivity (Wildman–Crippen MR) is 103 cm³/mol. The van der Waals surface area contributed by atoms with Crippen LogP contribution in [0.25, 0.3) is 11.0 Å². The number of amides is 1. The van der Waals surface area contributed by atoms with Gasteiger partial charge in [0, 0.05) is 16.6 Å². The molecule has 0 fully saturated rings. The number of aromatic nitrogens is 1. The van der Waals surface area contributed by atoms with Crippen LogP contribution < -0.4 is 10.0 Å². The number of fused-ring (bicyclic) bond motifs is 1. The number of para-hydroxylation sites is 1. The molecule has 142 valence electrons. The maximum absolute atomic E-state index is 12.4. The molecule has 0 aliphatic carbocycles. The molecule has 3 aromatic rings. The molecule has 0 spiro atoms. The maximum Gasteiger partial charge on any atom is 0.241 e. The summed E-state index contributed by atoms with van der Waals surface area (Å²) in [5.41, 5.74) is 0.930. The van der Waals surface area contributed by atoms with Crippen molar-refractivity contribution in [1.82, 2.24) is 9.88 Å². The number of hydrogen-bond acceptors (Lipinski definition) is 5. The average molecular weight is 387 g/mol. The fraction of sp³-hybridized carbons (Fsp3) is 0.263. The Hall–Kier alpha value is -2.71. The highest BCUT2D eigenvalue weighted by Gasteiger charge is 2.22. The van der Waals surface area contributed by atoms with E-state index in [1.54, 1.807) is 39.0 Å². The summed E-state index contributed by atoms with van der Waals surface area (Å²) in [5.74, 6) is -0.313. The summed E-state index contributed by atoms with van der Waals surface area (Å²) in [5, 5.41) is 7.42. The average Bonchev–Trinajstić information content (AvgIpc) is 2.96. The Balaban J connectivity index is 1.75. The van der Waals surface area contributed by atoms with Gasteiger partial charge in [0.05, 0.1) is 11.3 Å². The first-order valence-electron chi connectivity index (χ1n) is 8.41. The minimum absolute atomic E-state index is 0.0221. The smallest absolute Gasteiger partial charge is 0.241 e. The molecular weight excluding hydrogens is 366 g/mol. The predicted octanol–water partition coefficient (Wildman–Crippen LogP) is 3.09. The lowest BCUT2D eigenvalue weighted by atomic mass is 10.1. The number of benzene rings is 2. The van der Waals surface area contributed by atoms with Crippen molar-refractivity contribution in [3.63, 3.8) is 0 Å². The second-order valence-electron chi connectivity index (χ2n) is 7.23. The molecule has 0 atom stereocenters. The second kappa shape index (κ2) is 7.13. The molecule has 7 nitrogen and oxygen atoms in total. The maximum atomic E-state index is 12.4. The molecule has 2 N–H and O–H groups in total. The molecule has 0 unspecified atom stereocenters. The molecule has 0 aliphatic heterocycles. The van der Waals surface area contributed by atoms with E-state index in [-0.39, 0.29) is 17.2 Å². The van der Waals surface area contributed by atoms with Gasteiger partial charge in [-0.15, -0.1) is 0 Å². The number of nitrogens with one attached hydrogen (secondary N) is 2. The Labute approximate surface area is 157 Å². The van der Waals surface area contributed by atoms with Gasteiger partial charge in [0.1, 0.15) is 5.69 Å². The lowest BCUT2D eigenvalue weighted by Gasteiger charge is -2.20. The monoisotopic (exact) mass is 387 g/mol. The van der Waals surface area contributed by atoms with Crippen LogP contribution in [0, 0.1) is 0 Å². The molecule has 0 aliphatic rings. The third-order valence-electron chi connectivity index (χ3n) is 3.65. The summed E-state index contributed by atoms with van der Waals surface area (Å²) in [4.78, 5) is 12.4. The minimum Gasteiger partial charge on any atom is -0.356 e. The zero-order chi connectivity index (χ0) is 19.7. The van der Waals surface area contributed by atoms with E-state index < -0.39 is 15.6 Å². The van der Waals surface area contributed by atoms with E-state index in [9.17, 15) is 13.2 Å². The molecule has 2 aromatic carbocycles. The first-order valence-corrected chi connectivity index (χ1v) is 9.89. The van der Waals surface area contributed by atoms with Gasteiger partial charge in [-0.25, -0.2) is 13.1 Å². The molecule has 1 aromatic heterocycles. The third-order valence-corrected chi connectivity index (χ3v) is 5.40.